The number of hydrogen-bond acceptors (Lipinski definition) is 4. The van der Waals surface area contributed by atoms with E-state index in [0.29, 0.717) is 5.56 Å². The van der Waals surface area contributed by atoms with Gasteiger partial charge in [-0.05, 0) is 19.1 Å². The van der Waals surface area contributed by atoms with Gasteiger partial charge in [0.05, 0.1) is 12.2 Å². The van der Waals surface area contributed by atoms with Gasteiger partial charge in [-0.15, -0.1) is 0 Å². The molecule has 0 saturated carbocycles. The molecule has 0 radical (unpaired) electrons. The third-order valence-electron chi connectivity index (χ3n) is 2.34. The van der Waals surface area contributed by atoms with Gasteiger partial charge in [0.25, 0.3) is 0 Å². The fourth-order valence-corrected chi connectivity index (χ4v) is 1.68. The Morgan fingerprint density at radius 2 is 2.44 bits per heavy atom. The van der Waals surface area contributed by atoms with E-state index in [2.05, 4.69) is 0 Å². The normalized spacial score (nSPS) is 17.8. The zero-order valence-corrected chi connectivity index (χ0v) is 8.70. The summed E-state index contributed by atoms with van der Waals surface area (Å²) in [6, 6.07) is 2.47. The predicted octanol–water partition coefficient (Wildman–Crippen LogP) is 1.26. The molecular formula is C11H11FO4. The molecule has 1 aromatic rings. The summed E-state index contributed by atoms with van der Waals surface area (Å²) in [5.74, 6) is -1.17. The van der Waals surface area contributed by atoms with Crippen molar-refractivity contribution in [3.05, 3.63) is 29.1 Å². The van der Waals surface area contributed by atoms with Gasteiger partial charge in [-0.1, -0.05) is 0 Å². The van der Waals surface area contributed by atoms with Gasteiger partial charge in [0.2, 0.25) is 6.29 Å². The molecule has 0 fully saturated rings. The highest BCUT2D eigenvalue weighted by Crippen LogP contribution is 2.33. The van der Waals surface area contributed by atoms with Crippen LogP contribution < -0.4 is 4.74 Å². The molecule has 0 spiro atoms. The highest BCUT2D eigenvalue weighted by Gasteiger charge is 2.29. The number of rotatable bonds is 2. The monoisotopic (exact) mass is 226 g/mol. The van der Waals surface area contributed by atoms with Crippen LogP contribution in [0.2, 0.25) is 0 Å². The molecule has 1 heterocycles. The SMILES string of the molecule is CCOC(=O)c1ccc(F)c2c1C[C@@H](O)O2. The van der Waals surface area contributed by atoms with Crippen LogP contribution in [0.15, 0.2) is 12.1 Å². The Bertz CT molecular complexity index is 430. The van der Waals surface area contributed by atoms with E-state index in [0.717, 1.165) is 6.07 Å². The quantitative estimate of drug-likeness (QED) is 0.771. The van der Waals surface area contributed by atoms with Crippen molar-refractivity contribution in [1.29, 1.82) is 0 Å². The molecule has 0 unspecified atom stereocenters. The van der Waals surface area contributed by atoms with E-state index >= 15 is 0 Å². The highest BCUT2D eigenvalue weighted by atomic mass is 19.1. The van der Waals surface area contributed by atoms with Crippen molar-refractivity contribution in [3.63, 3.8) is 0 Å². The van der Waals surface area contributed by atoms with E-state index in [1.54, 1.807) is 6.92 Å². The molecule has 0 bridgehead atoms. The van der Waals surface area contributed by atoms with Gasteiger partial charge in [-0.2, -0.15) is 0 Å². The van der Waals surface area contributed by atoms with Crippen LogP contribution in [-0.2, 0) is 11.2 Å². The summed E-state index contributed by atoms with van der Waals surface area (Å²) in [4.78, 5) is 11.5. The molecule has 16 heavy (non-hydrogen) atoms. The standard InChI is InChI=1S/C11H11FO4/c1-2-15-11(14)6-3-4-8(12)10-7(6)5-9(13)16-10/h3-4,9,13H,2,5H2,1H3/t9-/m0/s1. The summed E-state index contributed by atoms with van der Waals surface area (Å²) in [5, 5.41) is 9.27. The first-order valence-electron chi connectivity index (χ1n) is 4.96. The number of carbonyl (C=O) groups excluding carboxylic acids is 1. The smallest absolute Gasteiger partial charge is 0.338 e. The largest absolute Gasteiger partial charge is 0.462 e. The summed E-state index contributed by atoms with van der Waals surface area (Å²) in [6.07, 6.45) is -0.999. The number of aliphatic hydroxyl groups excluding tert-OH is 1. The molecule has 86 valence electrons. The molecule has 0 saturated heterocycles. The van der Waals surface area contributed by atoms with Crippen LogP contribution in [-0.4, -0.2) is 24.0 Å². The minimum Gasteiger partial charge on any atom is -0.462 e. The van der Waals surface area contributed by atoms with Gasteiger partial charge in [0.15, 0.2) is 11.6 Å². The van der Waals surface area contributed by atoms with Crippen LogP contribution in [0.4, 0.5) is 4.39 Å². The molecule has 1 atom stereocenters. The van der Waals surface area contributed by atoms with Crippen molar-refractivity contribution < 1.29 is 23.8 Å². The lowest BCUT2D eigenvalue weighted by molar-refractivity contribution is -0.0000202. The highest BCUT2D eigenvalue weighted by molar-refractivity contribution is 5.92. The molecule has 1 aliphatic rings. The van der Waals surface area contributed by atoms with Gasteiger partial charge < -0.3 is 14.6 Å². The molecule has 2 rings (SSSR count). The summed E-state index contributed by atoms with van der Waals surface area (Å²) in [5.41, 5.74) is 0.612. The Morgan fingerprint density at radius 3 is 3.12 bits per heavy atom. The van der Waals surface area contributed by atoms with Crippen molar-refractivity contribution >= 4 is 5.97 Å². The van der Waals surface area contributed by atoms with Crippen molar-refractivity contribution in [2.45, 2.75) is 19.6 Å². The van der Waals surface area contributed by atoms with E-state index in [4.69, 9.17) is 9.47 Å². The van der Waals surface area contributed by atoms with Gasteiger partial charge in [0, 0.05) is 12.0 Å². The van der Waals surface area contributed by atoms with E-state index < -0.39 is 18.1 Å². The molecule has 4 nitrogen and oxygen atoms in total. The number of fused-ring (bicyclic) bond motifs is 1. The average Bonchev–Trinajstić information content (AvgIpc) is 2.61. The third-order valence-corrected chi connectivity index (χ3v) is 2.34. The zero-order chi connectivity index (χ0) is 11.7. The Hall–Kier alpha value is -1.62. The lowest BCUT2D eigenvalue weighted by Crippen LogP contribution is -2.11. The second-order valence-electron chi connectivity index (χ2n) is 3.40. The Kier molecular flexibility index (Phi) is 2.78. The second kappa shape index (κ2) is 4.09. The van der Waals surface area contributed by atoms with Crippen LogP contribution >= 0.6 is 0 Å². The summed E-state index contributed by atoms with van der Waals surface area (Å²) in [6.45, 7) is 1.93. The lowest BCUT2D eigenvalue weighted by Gasteiger charge is -2.06. The summed E-state index contributed by atoms with van der Waals surface area (Å²) >= 11 is 0. The molecule has 1 N–H and O–H groups in total. The van der Waals surface area contributed by atoms with Crippen LogP contribution in [0.5, 0.6) is 5.75 Å². The van der Waals surface area contributed by atoms with Gasteiger partial charge in [-0.3, -0.25) is 0 Å². The Labute approximate surface area is 91.6 Å². The van der Waals surface area contributed by atoms with Crippen molar-refractivity contribution in [1.82, 2.24) is 0 Å². The fourth-order valence-electron chi connectivity index (χ4n) is 1.68. The van der Waals surface area contributed by atoms with Gasteiger partial charge in [0.1, 0.15) is 0 Å². The number of carbonyl (C=O) groups is 1. The van der Waals surface area contributed by atoms with Crippen molar-refractivity contribution in [2.24, 2.45) is 0 Å². The molecule has 0 aromatic heterocycles. The molecule has 1 aliphatic heterocycles. The van der Waals surface area contributed by atoms with E-state index in [1.165, 1.54) is 6.07 Å². The number of aliphatic hydroxyl groups is 1. The topological polar surface area (TPSA) is 55.8 Å². The first kappa shape index (κ1) is 10.9. The van der Waals surface area contributed by atoms with Crippen LogP contribution in [0, 0.1) is 5.82 Å². The van der Waals surface area contributed by atoms with Crippen LogP contribution in [0.25, 0.3) is 0 Å². The van der Waals surface area contributed by atoms with Crippen molar-refractivity contribution in [3.8, 4) is 5.75 Å². The predicted molar refractivity (Wildman–Crippen MR) is 52.7 cm³/mol. The molecule has 1 aromatic carbocycles. The van der Waals surface area contributed by atoms with E-state index in [9.17, 15) is 14.3 Å². The molecule has 0 aliphatic carbocycles. The van der Waals surface area contributed by atoms with Crippen LogP contribution in [0.3, 0.4) is 0 Å². The van der Waals surface area contributed by atoms with Gasteiger partial charge >= 0.3 is 5.97 Å². The fraction of sp³-hybridized carbons (Fsp3) is 0.364. The Morgan fingerprint density at radius 1 is 1.69 bits per heavy atom. The minimum atomic E-state index is -1.10. The molecular weight excluding hydrogens is 215 g/mol. The number of halogens is 1. The maximum Gasteiger partial charge on any atom is 0.338 e. The van der Waals surface area contributed by atoms with Gasteiger partial charge in [-0.25, -0.2) is 9.18 Å². The average molecular weight is 226 g/mol. The third kappa shape index (κ3) is 1.74. The van der Waals surface area contributed by atoms with E-state index in [1.807, 2.05) is 0 Å². The summed E-state index contributed by atoms with van der Waals surface area (Å²) in [7, 11) is 0. The number of benzene rings is 1. The summed E-state index contributed by atoms with van der Waals surface area (Å²) < 4.78 is 23.0. The van der Waals surface area contributed by atoms with E-state index in [-0.39, 0.29) is 24.3 Å². The van der Waals surface area contributed by atoms with Crippen LogP contribution in [0.1, 0.15) is 22.8 Å². The number of esters is 1. The first-order valence-corrected chi connectivity index (χ1v) is 4.96. The number of hydrogen-bond donors (Lipinski definition) is 1. The molecule has 5 heteroatoms. The van der Waals surface area contributed by atoms with Crippen molar-refractivity contribution in [2.75, 3.05) is 6.61 Å². The lowest BCUT2D eigenvalue weighted by atomic mass is 10.0. The first-order chi connectivity index (χ1) is 7.63. The Balaban J connectivity index is 2.42. The maximum absolute atomic E-state index is 13.3. The minimum absolute atomic E-state index is 0.0574. The number of ether oxygens (including phenoxy) is 2. The second-order valence-corrected chi connectivity index (χ2v) is 3.40. The molecule has 0 amide bonds. The zero-order valence-electron chi connectivity index (χ0n) is 8.70. The maximum atomic E-state index is 13.3.